The summed E-state index contributed by atoms with van der Waals surface area (Å²) in [5, 5.41) is 3.24. The Morgan fingerprint density at radius 1 is 1.20 bits per heavy atom. The van der Waals surface area contributed by atoms with Crippen molar-refractivity contribution >= 4 is 0 Å². The molecule has 1 unspecified atom stereocenters. The smallest absolute Gasteiger partial charge is 0.119 e. The van der Waals surface area contributed by atoms with Gasteiger partial charge in [0.15, 0.2) is 0 Å². The topological polar surface area (TPSA) is 24.5 Å². The fourth-order valence-corrected chi connectivity index (χ4v) is 2.08. The van der Waals surface area contributed by atoms with Crippen LogP contribution in [-0.2, 0) is 0 Å². The number of nitrogens with zero attached hydrogens (tertiary/aromatic N) is 1. The number of rotatable bonds is 7. The minimum atomic E-state index is 0.410. The van der Waals surface area contributed by atoms with Crippen LogP contribution in [-0.4, -0.2) is 39.2 Å². The van der Waals surface area contributed by atoms with Crippen LogP contribution < -0.4 is 10.1 Å². The maximum absolute atomic E-state index is 5.76. The molecule has 2 rings (SSSR count). The van der Waals surface area contributed by atoms with Crippen LogP contribution in [0.15, 0.2) is 24.3 Å². The monoisotopic (exact) mass is 278 g/mol. The second kappa shape index (κ2) is 8.98. The predicted molar refractivity (Wildman–Crippen MR) is 86.4 cm³/mol. The van der Waals surface area contributed by atoms with E-state index in [4.69, 9.17) is 4.74 Å². The Labute approximate surface area is 124 Å². The molecule has 3 nitrogen and oxygen atoms in total. The standard InChI is InChI=1S/C15H24N2O.C2H6/c1-16-10-15(17(2)3)13-6-8-14(9-7-13)18-11-12-4-5-12;1-2/h6-9,12,15-16H,4-5,10-11H2,1-3H3;1-2H3. The van der Waals surface area contributed by atoms with Crippen molar-refractivity contribution in [2.45, 2.75) is 32.7 Å². The molecular formula is C17H30N2O. The van der Waals surface area contributed by atoms with Gasteiger partial charge in [-0.05, 0) is 57.6 Å². The Bertz CT molecular complexity index is 358. The van der Waals surface area contributed by atoms with Gasteiger partial charge in [-0.3, -0.25) is 0 Å². The molecule has 0 amide bonds. The van der Waals surface area contributed by atoms with Gasteiger partial charge in [0.1, 0.15) is 5.75 Å². The number of nitrogens with one attached hydrogen (secondary N) is 1. The summed E-state index contributed by atoms with van der Waals surface area (Å²) in [5.74, 6) is 1.80. The fraction of sp³-hybridized carbons (Fsp3) is 0.647. The van der Waals surface area contributed by atoms with Gasteiger partial charge < -0.3 is 15.0 Å². The maximum atomic E-state index is 5.76. The summed E-state index contributed by atoms with van der Waals surface area (Å²) in [5.41, 5.74) is 1.33. The largest absolute Gasteiger partial charge is 0.493 e. The molecule has 1 N–H and O–H groups in total. The molecule has 0 bridgehead atoms. The highest BCUT2D eigenvalue weighted by atomic mass is 16.5. The molecule has 1 fully saturated rings. The Morgan fingerprint density at radius 3 is 2.25 bits per heavy atom. The third kappa shape index (κ3) is 5.51. The highest BCUT2D eigenvalue weighted by molar-refractivity contribution is 5.29. The fourth-order valence-electron chi connectivity index (χ4n) is 2.08. The van der Waals surface area contributed by atoms with Crippen molar-refractivity contribution in [1.82, 2.24) is 10.2 Å². The van der Waals surface area contributed by atoms with Gasteiger partial charge in [0, 0.05) is 12.6 Å². The van der Waals surface area contributed by atoms with Crippen molar-refractivity contribution in [3.05, 3.63) is 29.8 Å². The van der Waals surface area contributed by atoms with Crippen molar-refractivity contribution in [2.24, 2.45) is 5.92 Å². The number of likely N-dealkylation sites (N-methyl/N-ethyl adjacent to an activating group) is 2. The van der Waals surface area contributed by atoms with E-state index < -0.39 is 0 Å². The average Bonchev–Trinajstić information content (AvgIpc) is 3.29. The first-order valence-electron chi connectivity index (χ1n) is 7.74. The zero-order valence-corrected chi connectivity index (χ0v) is 13.6. The van der Waals surface area contributed by atoms with Gasteiger partial charge in [-0.2, -0.15) is 0 Å². The third-order valence-electron chi connectivity index (χ3n) is 3.47. The minimum absolute atomic E-state index is 0.410. The molecular weight excluding hydrogens is 248 g/mol. The lowest BCUT2D eigenvalue weighted by Crippen LogP contribution is -2.29. The lowest BCUT2D eigenvalue weighted by atomic mass is 10.1. The molecule has 0 spiro atoms. The molecule has 0 saturated heterocycles. The van der Waals surface area contributed by atoms with E-state index in [0.717, 1.165) is 24.8 Å². The van der Waals surface area contributed by atoms with Gasteiger partial charge in [-0.1, -0.05) is 26.0 Å². The average molecular weight is 278 g/mol. The van der Waals surface area contributed by atoms with Crippen molar-refractivity contribution in [3.63, 3.8) is 0 Å². The van der Waals surface area contributed by atoms with E-state index in [9.17, 15) is 0 Å². The molecule has 1 aromatic carbocycles. The van der Waals surface area contributed by atoms with E-state index in [1.54, 1.807) is 0 Å². The summed E-state index contributed by atoms with van der Waals surface area (Å²) in [6.45, 7) is 5.84. The lowest BCUT2D eigenvalue weighted by molar-refractivity contribution is 0.290. The Kier molecular flexibility index (Phi) is 7.63. The minimum Gasteiger partial charge on any atom is -0.493 e. The molecule has 114 valence electrons. The molecule has 0 heterocycles. The molecule has 0 aromatic heterocycles. The lowest BCUT2D eigenvalue weighted by Gasteiger charge is -2.24. The second-order valence-electron chi connectivity index (χ2n) is 5.36. The molecule has 1 aromatic rings. The molecule has 0 radical (unpaired) electrons. The number of benzene rings is 1. The van der Waals surface area contributed by atoms with E-state index in [0.29, 0.717) is 6.04 Å². The number of hydrogen-bond donors (Lipinski definition) is 1. The maximum Gasteiger partial charge on any atom is 0.119 e. The van der Waals surface area contributed by atoms with Gasteiger partial charge in [0.2, 0.25) is 0 Å². The normalized spacial score (nSPS) is 15.5. The van der Waals surface area contributed by atoms with Crippen LogP contribution >= 0.6 is 0 Å². The molecule has 1 aliphatic rings. The zero-order valence-electron chi connectivity index (χ0n) is 13.6. The molecule has 1 aliphatic carbocycles. The molecule has 0 aliphatic heterocycles. The summed E-state index contributed by atoms with van der Waals surface area (Å²) in [6, 6.07) is 8.93. The number of hydrogen-bond acceptors (Lipinski definition) is 3. The van der Waals surface area contributed by atoms with E-state index in [1.165, 1.54) is 18.4 Å². The SMILES string of the molecule is CC.CNCC(c1ccc(OCC2CC2)cc1)N(C)C. The zero-order chi connectivity index (χ0) is 15.0. The summed E-state index contributed by atoms with van der Waals surface area (Å²) in [4.78, 5) is 2.23. The van der Waals surface area contributed by atoms with Crippen LogP contribution in [0, 0.1) is 5.92 Å². The van der Waals surface area contributed by atoms with Crippen LogP contribution in [0.2, 0.25) is 0 Å². The summed E-state index contributed by atoms with van der Waals surface area (Å²) in [6.07, 6.45) is 2.67. The van der Waals surface area contributed by atoms with Crippen molar-refractivity contribution in [2.75, 3.05) is 34.3 Å². The Balaban J connectivity index is 0.000000956. The molecule has 20 heavy (non-hydrogen) atoms. The van der Waals surface area contributed by atoms with Crippen molar-refractivity contribution in [1.29, 1.82) is 0 Å². The van der Waals surface area contributed by atoms with E-state index in [-0.39, 0.29) is 0 Å². The van der Waals surface area contributed by atoms with Crippen molar-refractivity contribution in [3.8, 4) is 5.75 Å². The first kappa shape index (κ1) is 17.0. The van der Waals surface area contributed by atoms with Gasteiger partial charge in [-0.25, -0.2) is 0 Å². The molecule has 3 heteroatoms. The summed E-state index contributed by atoms with van der Waals surface area (Å²) < 4.78 is 5.76. The predicted octanol–water partition coefficient (Wildman–Crippen LogP) is 3.32. The summed E-state index contributed by atoms with van der Waals surface area (Å²) >= 11 is 0. The highest BCUT2D eigenvalue weighted by Gasteiger charge is 2.21. The summed E-state index contributed by atoms with van der Waals surface area (Å²) in [7, 11) is 6.21. The molecule has 1 atom stereocenters. The van der Waals surface area contributed by atoms with Gasteiger partial charge >= 0.3 is 0 Å². The van der Waals surface area contributed by atoms with Crippen LogP contribution in [0.4, 0.5) is 0 Å². The van der Waals surface area contributed by atoms with Crippen LogP contribution in [0.3, 0.4) is 0 Å². The first-order valence-corrected chi connectivity index (χ1v) is 7.74. The van der Waals surface area contributed by atoms with Gasteiger partial charge in [0.25, 0.3) is 0 Å². The Hall–Kier alpha value is -1.06. The number of ether oxygens (including phenoxy) is 1. The van der Waals surface area contributed by atoms with Gasteiger partial charge in [0.05, 0.1) is 6.61 Å². The third-order valence-corrected chi connectivity index (χ3v) is 3.47. The van der Waals surface area contributed by atoms with Crippen molar-refractivity contribution < 1.29 is 4.74 Å². The van der Waals surface area contributed by atoms with Crippen LogP contribution in [0.25, 0.3) is 0 Å². The molecule has 1 saturated carbocycles. The Morgan fingerprint density at radius 2 is 1.80 bits per heavy atom. The highest BCUT2D eigenvalue weighted by Crippen LogP contribution is 2.29. The van der Waals surface area contributed by atoms with E-state index in [1.807, 2.05) is 20.9 Å². The van der Waals surface area contributed by atoms with Crippen LogP contribution in [0.1, 0.15) is 38.3 Å². The van der Waals surface area contributed by atoms with Crippen LogP contribution in [0.5, 0.6) is 5.75 Å². The quantitative estimate of drug-likeness (QED) is 0.828. The van der Waals surface area contributed by atoms with E-state index >= 15 is 0 Å². The second-order valence-corrected chi connectivity index (χ2v) is 5.36. The first-order chi connectivity index (χ1) is 9.70. The van der Waals surface area contributed by atoms with E-state index in [2.05, 4.69) is 48.6 Å². The van der Waals surface area contributed by atoms with Gasteiger partial charge in [-0.15, -0.1) is 0 Å².